The Hall–Kier alpha value is -2.81. The molecule has 1 aliphatic heterocycles. The molecule has 1 unspecified atom stereocenters. The molecule has 1 saturated heterocycles. The highest BCUT2D eigenvalue weighted by molar-refractivity contribution is 5.42. The summed E-state index contributed by atoms with van der Waals surface area (Å²) in [6, 6.07) is 11.0. The number of hydrogen-bond acceptors (Lipinski definition) is 4. The zero-order chi connectivity index (χ0) is 18.0. The molecule has 1 aliphatic rings. The summed E-state index contributed by atoms with van der Waals surface area (Å²) < 4.78 is 2.72. The lowest BCUT2D eigenvalue weighted by atomic mass is 10.0. The van der Waals surface area contributed by atoms with Gasteiger partial charge in [-0.25, -0.2) is 4.79 Å². The van der Waals surface area contributed by atoms with E-state index in [2.05, 4.69) is 17.9 Å². The lowest BCUT2D eigenvalue weighted by molar-refractivity contribution is 0.437. The summed E-state index contributed by atoms with van der Waals surface area (Å²) in [5, 5.41) is 9.31. The van der Waals surface area contributed by atoms with E-state index in [9.17, 15) is 14.9 Å². The molecule has 3 rings (SSSR count). The largest absolute Gasteiger partial charge is 0.357 e. The number of benzene rings is 1. The molecular weight excluding hydrogens is 316 g/mol. The van der Waals surface area contributed by atoms with E-state index in [1.54, 1.807) is 16.7 Å². The number of aromatic nitrogens is 2. The van der Waals surface area contributed by atoms with Gasteiger partial charge < -0.3 is 4.90 Å². The molecule has 0 spiro atoms. The van der Waals surface area contributed by atoms with Gasteiger partial charge in [0.25, 0.3) is 5.56 Å². The molecule has 0 bridgehead atoms. The molecule has 2 heterocycles. The van der Waals surface area contributed by atoms with Crippen molar-refractivity contribution < 1.29 is 0 Å². The molecule has 1 atom stereocenters. The molecule has 2 aromatic rings. The van der Waals surface area contributed by atoms with Gasteiger partial charge >= 0.3 is 5.69 Å². The predicted molar refractivity (Wildman–Crippen MR) is 96.8 cm³/mol. The van der Waals surface area contributed by atoms with Crippen molar-refractivity contribution in [1.29, 1.82) is 5.26 Å². The van der Waals surface area contributed by atoms with Gasteiger partial charge in [-0.15, -0.1) is 0 Å². The van der Waals surface area contributed by atoms with E-state index in [1.807, 2.05) is 12.1 Å². The summed E-state index contributed by atoms with van der Waals surface area (Å²) in [7, 11) is 1.49. The number of nitrogens with zero attached hydrogens (tertiary/aromatic N) is 4. The first-order chi connectivity index (χ1) is 12.0. The third-order valence-electron chi connectivity index (χ3n) is 4.82. The lowest BCUT2D eigenvalue weighted by Crippen LogP contribution is -2.44. The minimum atomic E-state index is -0.353. The number of rotatable bonds is 3. The van der Waals surface area contributed by atoms with E-state index in [0.29, 0.717) is 17.3 Å². The van der Waals surface area contributed by atoms with Crippen LogP contribution in [0.25, 0.3) is 0 Å². The maximum Gasteiger partial charge on any atom is 0.332 e. The fourth-order valence-corrected chi connectivity index (χ4v) is 3.40. The minimum Gasteiger partial charge on any atom is -0.357 e. The number of piperidine rings is 1. The van der Waals surface area contributed by atoms with Crippen LogP contribution in [0.3, 0.4) is 0 Å². The molecule has 1 aromatic carbocycles. The SMILES string of the molecule is CC1CCCN(c2cc(=O)n(C)c(=O)n2Cc2ccccc2C#N)C1. The second-order valence-electron chi connectivity index (χ2n) is 6.73. The Morgan fingerprint density at radius 2 is 2.04 bits per heavy atom. The zero-order valence-electron chi connectivity index (χ0n) is 14.6. The Morgan fingerprint density at radius 1 is 1.28 bits per heavy atom. The van der Waals surface area contributed by atoms with Crippen molar-refractivity contribution in [3.8, 4) is 6.07 Å². The van der Waals surface area contributed by atoms with Crippen LogP contribution < -0.4 is 16.1 Å². The van der Waals surface area contributed by atoms with Gasteiger partial charge in [-0.1, -0.05) is 25.1 Å². The van der Waals surface area contributed by atoms with E-state index in [4.69, 9.17) is 0 Å². The van der Waals surface area contributed by atoms with E-state index in [0.717, 1.165) is 36.1 Å². The Kier molecular flexibility index (Phi) is 4.75. The van der Waals surface area contributed by atoms with Gasteiger partial charge in [0.1, 0.15) is 5.82 Å². The van der Waals surface area contributed by atoms with Crippen LogP contribution in [0.2, 0.25) is 0 Å². The molecule has 0 aliphatic carbocycles. The highest BCUT2D eigenvalue weighted by Crippen LogP contribution is 2.22. The normalized spacial score (nSPS) is 17.3. The fraction of sp³-hybridized carbons (Fsp3) is 0.421. The molecule has 0 N–H and O–H groups in total. The van der Waals surface area contributed by atoms with Gasteiger partial charge in [-0.3, -0.25) is 13.9 Å². The summed E-state index contributed by atoms with van der Waals surface area (Å²) in [5.41, 5.74) is 0.662. The highest BCUT2D eigenvalue weighted by atomic mass is 16.2. The van der Waals surface area contributed by atoms with Crippen LogP contribution in [0.15, 0.2) is 39.9 Å². The van der Waals surface area contributed by atoms with Crippen molar-refractivity contribution in [2.75, 3.05) is 18.0 Å². The molecule has 0 amide bonds. The molecule has 1 fully saturated rings. The van der Waals surface area contributed by atoms with Crippen LogP contribution in [0.5, 0.6) is 0 Å². The summed E-state index contributed by atoms with van der Waals surface area (Å²) in [6.07, 6.45) is 2.20. The summed E-state index contributed by atoms with van der Waals surface area (Å²) in [4.78, 5) is 27.1. The van der Waals surface area contributed by atoms with Crippen LogP contribution in [0, 0.1) is 17.2 Å². The van der Waals surface area contributed by atoms with Crippen LogP contribution in [-0.2, 0) is 13.6 Å². The van der Waals surface area contributed by atoms with Crippen molar-refractivity contribution in [2.24, 2.45) is 13.0 Å². The first-order valence-corrected chi connectivity index (χ1v) is 8.55. The quantitative estimate of drug-likeness (QED) is 0.854. The van der Waals surface area contributed by atoms with Crippen molar-refractivity contribution in [3.63, 3.8) is 0 Å². The Balaban J connectivity index is 2.11. The molecule has 130 valence electrons. The molecule has 25 heavy (non-hydrogen) atoms. The third-order valence-corrected chi connectivity index (χ3v) is 4.82. The molecule has 1 aromatic heterocycles. The lowest BCUT2D eigenvalue weighted by Gasteiger charge is -2.34. The maximum absolute atomic E-state index is 12.8. The predicted octanol–water partition coefficient (Wildman–Crippen LogP) is 1.70. The second-order valence-corrected chi connectivity index (χ2v) is 6.73. The Bertz CT molecular complexity index is 936. The Morgan fingerprint density at radius 3 is 2.76 bits per heavy atom. The summed E-state index contributed by atoms with van der Waals surface area (Å²) in [6.45, 7) is 4.11. The molecule has 6 nitrogen and oxygen atoms in total. The molecule has 6 heteroatoms. The van der Waals surface area contributed by atoms with Crippen molar-refractivity contribution >= 4 is 5.82 Å². The molecule has 0 saturated carbocycles. The van der Waals surface area contributed by atoms with Gasteiger partial charge in [-0.2, -0.15) is 5.26 Å². The fourth-order valence-electron chi connectivity index (χ4n) is 3.40. The van der Waals surface area contributed by atoms with Gasteiger partial charge in [0.15, 0.2) is 0 Å². The Labute approximate surface area is 146 Å². The smallest absolute Gasteiger partial charge is 0.332 e. The number of hydrogen-bond donors (Lipinski definition) is 0. The average Bonchev–Trinajstić information content (AvgIpc) is 2.62. The van der Waals surface area contributed by atoms with E-state index >= 15 is 0 Å². The number of anilines is 1. The van der Waals surface area contributed by atoms with Gasteiger partial charge in [-0.05, 0) is 30.4 Å². The van der Waals surface area contributed by atoms with Crippen molar-refractivity contribution in [2.45, 2.75) is 26.3 Å². The van der Waals surface area contributed by atoms with Gasteiger partial charge in [0.2, 0.25) is 0 Å². The average molecular weight is 338 g/mol. The minimum absolute atomic E-state index is 0.275. The molecular formula is C19H22N4O2. The highest BCUT2D eigenvalue weighted by Gasteiger charge is 2.21. The topological polar surface area (TPSA) is 71.0 Å². The van der Waals surface area contributed by atoms with Gasteiger partial charge in [0, 0.05) is 26.2 Å². The first-order valence-electron chi connectivity index (χ1n) is 8.55. The third kappa shape index (κ3) is 3.36. The maximum atomic E-state index is 12.8. The zero-order valence-corrected chi connectivity index (χ0v) is 14.6. The first kappa shape index (κ1) is 17.0. The van der Waals surface area contributed by atoms with E-state index < -0.39 is 0 Å². The van der Waals surface area contributed by atoms with Crippen LogP contribution in [-0.4, -0.2) is 22.2 Å². The summed E-state index contributed by atoms with van der Waals surface area (Å²) in [5.74, 6) is 1.17. The van der Waals surface area contributed by atoms with E-state index in [1.165, 1.54) is 13.1 Å². The van der Waals surface area contributed by atoms with Gasteiger partial charge in [0.05, 0.1) is 18.2 Å². The van der Waals surface area contributed by atoms with E-state index in [-0.39, 0.29) is 17.8 Å². The van der Waals surface area contributed by atoms with Crippen molar-refractivity contribution in [1.82, 2.24) is 9.13 Å². The van der Waals surface area contributed by atoms with Crippen molar-refractivity contribution in [3.05, 3.63) is 62.3 Å². The standard InChI is InChI=1S/C19H22N4O2/c1-14-6-5-9-22(12-14)17-10-18(24)21(2)19(25)23(17)13-16-8-4-3-7-15(16)11-20/h3-4,7-8,10,14H,5-6,9,12-13H2,1-2H3. The summed E-state index contributed by atoms with van der Waals surface area (Å²) >= 11 is 0. The number of nitriles is 1. The van der Waals surface area contributed by atoms with Crippen LogP contribution in [0.1, 0.15) is 30.9 Å². The monoisotopic (exact) mass is 338 g/mol. The second kappa shape index (κ2) is 6.98. The van der Waals surface area contributed by atoms with Crippen LogP contribution in [0.4, 0.5) is 5.82 Å². The van der Waals surface area contributed by atoms with Crippen LogP contribution >= 0.6 is 0 Å². The molecule has 0 radical (unpaired) electrons.